The number of hydrogen-bond donors (Lipinski definition) is 5. The van der Waals surface area contributed by atoms with Crippen LogP contribution < -0.4 is 5.32 Å². The molecule has 24 heavy (non-hydrogen) atoms. The molecule has 0 fully saturated rings. The SMILES string of the molecule is CC(O)NC(C)O.CCCCCCCCCCCCOP(=O)(O)O. The summed E-state index contributed by atoms with van der Waals surface area (Å²) in [4.78, 5) is 16.9. The molecular weight excluding hydrogens is 333 g/mol. The topological polar surface area (TPSA) is 119 Å². The van der Waals surface area contributed by atoms with Crippen LogP contribution in [0.5, 0.6) is 0 Å². The summed E-state index contributed by atoms with van der Waals surface area (Å²) in [6, 6.07) is 0. The summed E-state index contributed by atoms with van der Waals surface area (Å²) in [6.07, 6.45) is 10.8. The van der Waals surface area contributed by atoms with E-state index in [1.165, 1.54) is 44.9 Å². The van der Waals surface area contributed by atoms with E-state index in [2.05, 4.69) is 16.8 Å². The Morgan fingerprint density at radius 2 is 1.21 bits per heavy atom. The van der Waals surface area contributed by atoms with Gasteiger partial charge in [-0.05, 0) is 20.3 Å². The Morgan fingerprint density at radius 3 is 1.50 bits per heavy atom. The molecule has 148 valence electrons. The predicted molar refractivity (Wildman–Crippen MR) is 96.3 cm³/mol. The van der Waals surface area contributed by atoms with Gasteiger partial charge >= 0.3 is 7.82 Å². The number of aliphatic hydroxyl groups is 2. The third kappa shape index (κ3) is 29.9. The molecule has 0 saturated heterocycles. The van der Waals surface area contributed by atoms with Crippen molar-refractivity contribution in [2.24, 2.45) is 0 Å². The van der Waals surface area contributed by atoms with Crippen LogP contribution in [0.2, 0.25) is 0 Å². The lowest BCUT2D eigenvalue weighted by molar-refractivity contribution is 0.0632. The van der Waals surface area contributed by atoms with Crippen molar-refractivity contribution in [3.8, 4) is 0 Å². The van der Waals surface area contributed by atoms with Gasteiger partial charge in [-0.15, -0.1) is 0 Å². The van der Waals surface area contributed by atoms with Gasteiger partial charge in [-0.25, -0.2) is 4.57 Å². The molecule has 0 heterocycles. The number of phosphoric ester groups is 1. The molecule has 0 spiro atoms. The normalized spacial score (nSPS) is 14.0. The molecule has 0 aliphatic carbocycles. The first-order chi connectivity index (χ1) is 11.2. The van der Waals surface area contributed by atoms with E-state index in [1.54, 1.807) is 13.8 Å². The van der Waals surface area contributed by atoms with Crippen LogP contribution in [0.25, 0.3) is 0 Å². The Bertz CT molecular complexity index is 290. The van der Waals surface area contributed by atoms with E-state index in [1.807, 2.05) is 0 Å². The van der Waals surface area contributed by atoms with Crippen LogP contribution in [-0.2, 0) is 9.09 Å². The standard InChI is InChI=1S/C12H27O4P.C4H11NO2/c1-2-3-4-5-6-7-8-9-10-11-12-16-17(13,14)15;1-3(6)5-4(2)7/h2-12H2,1H3,(H2,13,14,15);3-7H,1-2H3. The third-order valence-corrected chi connectivity index (χ3v) is 3.76. The summed E-state index contributed by atoms with van der Waals surface area (Å²) < 4.78 is 14.7. The van der Waals surface area contributed by atoms with Gasteiger partial charge in [0.1, 0.15) is 12.5 Å². The molecule has 0 saturated carbocycles. The van der Waals surface area contributed by atoms with Gasteiger partial charge in [-0.2, -0.15) is 0 Å². The van der Waals surface area contributed by atoms with Crippen LogP contribution in [0.3, 0.4) is 0 Å². The van der Waals surface area contributed by atoms with Gasteiger partial charge in [0.15, 0.2) is 0 Å². The zero-order valence-electron chi connectivity index (χ0n) is 15.5. The molecule has 2 unspecified atom stereocenters. The van der Waals surface area contributed by atoms with Gasteiger partial charge in [0.05, 0.1) is 6.61 Å². The summed E-state index contributed by atoms with van der Waals surface area (Å²) in [5, 5.41) is 19.3. The van der Waals surface area contributed by atoms with Gasteiger partial charge in [0.2, 0.25) is 0 Å². The van der Waals surface area contributed by atoms with E-state index in [0.717, 1.165) is 19.3 Å². The highest BCUT2D eigenvalue weighted by Crippen LogP contribution is 2.35. The molecule has 0 aromatic rings. The lowest BCUT2D eigenvalue weighted by atomic mass is 10.1. The molecule has 0 radical (unpaired) electrons. The van der Waals surface area contributed by atoms with Crippen molar-refractivity contribution < 1.29 is 29.1 Å². The molecule has 0 aromatic heterocycles. The highest BCUT2D eigenvalue weighted by atomic mass is 31.2. The van der Waals surface area contributed by atoms with Gasteiger partial charge in [0.25, 0.3) is 0 Å². The van der Waals surface area contributed by atoms with Gasteiger partial charge in [0, 0.05) is 0 Å². The minimum atomic E-state index is -4.24. The number of rotatable bonds is 14. The highest BCUT2D eigenvalue weighted by Gasteiger charge is 2.12. The minimum absolute atomic E-state index is 0.167. The van der Waals surface area contributed by atoms with Gasteiger partial charge < -0.3 is 20.0 Å². The maximum Gasteiger partial charge on any atom is 0.469 e. The molecule has 8 heteroatoms. The number of nitrogens with one attached hydrogen (secondary N) is 1. The molecule has 0 aliphatic rings. The Labute approximate surface area is 147 Å². The van der Waals surface area contributed by atoms with Crippen molar-refractivity contribution in [2.75, 3.05) is 6.61 Å². The van der Waals surface area contributed by atoms with Crippen molar-refractivity contribution >= 4 is 7.82 Å². The molecule has 7 nitrogen and oxygen atoms in total. The molecule has 5 N–H and O–H groups in total. The first kappa shape index (κ1) is 26.2. The van der Waals surface area contributed by atoms with Crippen LogP contribution in [0, 0.1) is 0 Å². The van der Waals surface area contributed by atoms with E-state index < -0.39 is 20.3 Å². The zero-order valence-corrected chi connectivity index (χ0v) is 16.4. The van der Waals surface area contributed by atoms with E-state index in [0.29, 0.717) is 0 Å². The second-order valence-corrected chi connectivity index (χ2v) is 7.26. The maximum atomic E-state index is 10.4. The summed E-state index contributed by atoms with van der Waals surface area (Å²) in [7, 11) is -4.24. The smallest absolute Gasteiger partial charge is 0.379 e. The van der Waals surface area contributed by atoms with Crippen LogP contribution in [-0.4, -0.2) is 39.1 Å². The quantitative estimate of drug-likeness (QED) is 0.181. The van der Waals surface area contributed by atoms with Crippen molar-refractivity contribution in [3.63, 3.8) is 0 Å². The average molecular weight is 371 g/mol. The number of hydrogen-bond acceptors (Lipinski definition) is 5. The molecule has 0 aliphatic heterocycles. The van der Waals surface area contributed by atoms with Gasteiger partial charge in [-0.1, -0.05) is 64.7 Å². The van der Waals surface area contributed by atoms with Crippen molar-refractivity contribution in [1.82, 2.24) is 5.32 Å². The number of phosphoric acid groups is 1. The fourth-order valence-corrected chi connectivity index (χ4v) is 2.49. The second kappa shape index (κ2) is 17.8. The predicted octanol–water partition coefficient (Wildman–Crippen LogP) is 3.27. The zero-order chi connectivity index (χ0) is 18.8. The second-order valence-electron chi connectivity index (χ2n) is 6.02. The van der Waals surface area contributed by atoms with Crippen LogP contribution in [0.4, 0.5) is 0 Å². The minimum Gasteiger partial charge on any atom is -0.379 e. The molecular formula is C16H38NO6P. The Kier molecular flexibility index (Phi) is 19.4. The first-order valence-corrected chi connectivity index (χ1v) is 10.5. The Balaban J connectivity index is 0. The van der Waals surface area contributed by atoms with Gasteiger partial charge in [-0.3, -0.25) is 9.84 Å². The van der Waals surface area contributed by atoms with Crippen molar-refractivity contribution in [2.45, 2.75) is 97.4 Å². The largest absolute Gasteiger partial charge is 0.469 e. The van der Waals surface area contributed by atoms with E-state index >= 15 is 0 Å². The monoisotopic (exact) mass is 371 g/mol. The lowest BCUT2D eigenvalue weighted by Gasteiger charge is -2.08. The number of aliphatic hydroxyl groups excluding tert-OH is 2. The van der Waals surface area contributed by atoms with Crippen LogP contribution >= 0.6 is 7.82 Å². The molecule has 0 amide bonds. The summed E-state index contributed by atoms with van der Waals surface area (Å²) in [5.41, 5.74) is 0. The Morgan fingerprint density at radius 1 is 0.833 bits per heavy atom. The first-order valence-electron chi connectivity index (χ1n) is 9.01. The summed E-state index contributed by atoms with van der Waals surface area (Å²) in [5.74, 6) is 0. The fraction of sp³-hybridized carbons (Fsp3) is 1.00. The average Bonchev–Trinajstić information content (AvgIpc) is 2.43. The third-order valence-electron chi connectivity index (χ3n) is 3.24. The lowest BCUT2D eigenvalue weighted by Crippen LogP contribution is -2.33. The summed E-state index contributed by atoms with van der Waals surface area (Å²) >= 11 is 0. The van der Waals surface area contributed by atoms with Crippen molar-refractivity contribution in [3.05, 3.63) is 0 Å². The Hall–Kier alpha value is -0.0100. The molecule has 0 rings (SSSR count). The van der Waals surface area contributed by atoms with E-state index in [4.69, 9.17) is 20.0 Å². The fourth-order valence-electron chi connectivity index (χ4n) is 2.12. The van der Waals surface area contributed by atoms with Crippen LogP contribution in [0.15, 0.2) is 0 Å². The summed E-state index contributed by atoms with van der Waals surface area (Å²) in [6.45, 7) is 5.49. The van der Waals surface area contributed by atoms with Crippen LogP contribution in [0.1, 0.15) is 85.0 Å². The highest BCUT2D eigenvalue weighted by molar-refractivity contribution is 7.46. The maximum absolute atomic E-state index is 10.4. The van der Waals surface area contributed by atoms with E-state index in [9.17, 15) is 4.57 Å². The number of unbranched alkanes of at least 4 members (excludes halogenated alkanes) is 9. The van der Waals surface area contributed by atoms with E-state index in [-0.39, 0.29) is 6.61 Å². The molecule has 0 aromatic carbocycles. The van der Waals surface area contributed by atoms with Crippen molar-refractivity contribution in [1.29, 1.82) is 0 Å². The molecule has 2 atom stereocenters. The molecule has 0 bridgehead atoms.